The summed E-state index contributed by atoms with van der Waals surface area (Å²) in [7, 11) is 0. The molecule has 0 fully saturated rings. The molecule has 0 saturated heterocycles. The molecule has 0 aliphatic heterocycles. The molecular formula is C16H18N2O3. The molecule has 0 aliphatic rings. The Morgan fingerprint density at radius 3 is 2.24 bits per heavy atom. The van der Waals surface area contributed by atoms with Crippen LogP contribution in [0.5, 0.6) is 0 Å². The molecule has 0 unspecified atom stereocenters. The largest absolute Gasteiger partial charge is 0.392 e. The number of benzene rings is 2. The Hall–Kier alpha value is -2.24. The molecule has 0 heterocycles. The van der Waals surface area contributed by atoms with E-state index in [0.29, 0.717) is 18.7 Å². The Bertz CT molecular complexity index is 624. The summed E-state index contributed by atoms with van der Waals surface area (Å²) in [6.45, 7) is 3.02. The van der Waals surface area contributed by atoms with Crippen LogP contribution in [0.3, 0.4) is 0 Å². The highest BCUT2D eigenvalue weighted by atomic mass is 16.6. The van der Waals surface area contributed by atoms with Gasteiger partial charge in [-0.2, -0.15) is 0 Å². The SMILES string of the molecule is Cc1ccc(CNCc2ccc(CO)cc2)cc1[N+](=O)[O-]. The molecule has 0 bridgehead atoms. The van der Waals surface area contributed by atoms with E-state index < -0.39 is 0 Å². The monoisotopic (exact) mass is 286 g/mol. The topological polar surface area (TPSA) is 75.4 Å². The molecular weight excluding hydrogens is 268 g/mol. The third kappa shape index (κ3) is 4.11. The van der Waals surface area contributed by atoms with Gasteiger partial charge in [0.05, 0.1) is 11.5 Å². The van der Waals surface area contributed by atoms with Gasteiger partial charge in [0, 0.05) is 24.7 Å². The van der Waals surface area contributed by atoms with Gasteiger partial charge in [0.15, 0.2) is 0 Å². The van der Waals surface area contributed by atoms with Gasteiger partial charge in [0.25, 0.3) is 5.69 Å². The second kappa shape index (κ2) is 6.97. The van der Waals surface area contributed by atoms with Gasteiger partial charge in [0.1, 0.15) is 0 Å². The van der Waals surface area contributed by atoms with Gasteiger partial charge in [-0.3, -0.25) is 10.1 Å². The van der Waals surface area contributed by atoms with E-state index in [1.807, 2.05) is 30.3 Å². The smallest absolute Gasteiger partial charge is 0.272 e. The number of aliphatic hydroxyl groups is 1. The first-order valence-electron chi connectivity index (χ1n) is 6.73. The van der Waals surface area contributed by atoms with Crippen LogP contribution in [-0.2, 0) is 19.7 Å². The summed E-state index contributed by atoms with van der Waals surface area (Å²) in [5.41, 5.74) is 3.70. The molecule has 0 aromatic heterocycles. The van der Waals surface area contributed by atoms with E-state index in [1.165, 1.54) is 0 Å². The summed E-state index contributed by atoms with van der Waals surface area (Å²) in [5.74, 6) is 0. The van der Waals surface area contributed by atoms with E-state index in [2.05, 4.69) is 5.32 Å². The van der Waals surface area contributed by atoms with Crippen molar-refractivity contribution in [1.29, 1.82) is 0 Å². The summed E-state index contributed by atoms with van der Waals surface area (Å²) in [5, 5.41) is 23.1. The normalized spacial score (nSPS) is 10.6. The summed E-state index contributed by atoms with van der Waals surface area (Å²) in [6.07, 6.45) is 0. The van der Waals surface area contributed by atoms with Crippen LogP contribution < -0.4 is 5.32 Å². The summed E-state index contributed by atoms with van der Waals surface area (Å²) in [6, 6.07) is 12.9. The molecule has 2 N–H and O–H groups in total. The maximum atomic E-state index is 10.9. The zero-order chi connectivity index (χ0) is 15.2. The lowest BCUT2D eigenvalue weighted by atomic mass is 10.1. The van der Waals surface area contributed by atoms with Crippen LogP contribution >= 0.6 is 0 Å². The first-order chi connectivity index (χ1) is 10.1. The molecule has 2 rings (SSSR count). The maximum Gasteiger partial charge on any atom is 0.272 e. The Balaban J connectivity index is 1.93. The van der Waals surface area contributed by atoms with Crippen LogP contribution in [0.1, 0.15) is 22.3 Å². The van der Waals surface area contributed by atoms with Crippen LogP contribution in [0, 0.1) is 17.0 Å². The molecule has 0 atom stereocenters. The first-order valence-corrected chi connectivity index (χ1v) is 6.73. The van der Waals surface area contributed by atoms with Crippen molar-refractivity contribution >= 4 is 5.69 Å². The van der Waals surface area contributed by atoms with Crippen molar-refractivity contribution in [3.8, 4) is 0 Å². The minimum Gasteiger partial charge on any atom is -0.392 e. The van der Waals surface area contributed by atoms with E-state index in [-0.39, 0.29) is 17.2 Å². The minimum absolute atomic E-state index is 0.0424. The van der Waals surface area contributed by atoms with Crippen LogP contribution in [0.25, 0.3) is 0 Å². The van der Waals surface area contributed by atoms with Gasteiger partial charge in [-0.15, -0.1) is 0 Å². The molecule has 5 heteroatoms. The number of nitro benzene ring substituents is 1. The lowest BCUT2D eigenvalue weighted by molar-refractivity contribution is -0.385. The molecule has 0 radical (unpaired) electrons. The van der Waals surface area contributed by atoms with Crippen molar-refractivity contribution in [2.24, 2.45) is 0 Å². The predicted octanol–water partition coefficient (Wildman–Crippen LogP) is 2.69. The second-order valence-corrected chi connectivity index (χ2v) is 4.96. The molecule has 0 saturated carbocycles. The van der Waals surface area contributed by atoms with Crippen LogP contribution in [0.15, 0.2) is 42.5 Å². The molecule has 110 valence electrons. The number of nitro groups is 1. The standard InChI is InChI=1S/C16H18N2O3/c1-12-2-3-15(8-16(12)18(20)21)10-17-9-13-4-6-14(11-19)7-5-13/h2-8,17,19H,9-11H2,1H3. The number of aliphatic hydroxyl groups excluding tert-OH is 1. The number of hydrogen-bond donors (Lipinski definition) is 2. The number of hydrogen-bond acceptors (Lipinski definition) is 4. The van der Waals surface area contributed by atoms with Crippen molar-refractivity contribution in [3.63, 3.8) is 0 Å². The van der Waals surface area contributed by atoms with Gasteiger partial charge >= 0.3 is 0 Å². The Kier molecular flexibility index (Phi) is 5.03. The second-order valence-electron chi connectivity index (χ2n) is 4.96. The number of nitrogens with zero attached hydrogens (tertiary/aromatic N) is 1. The molecule has 0 aliphatic carbocycles. The first kappa shape index (κ1) is 15.2. The maximum absolute atomic E-state index is 10.9. The van der Waals surface area contributed by atoms with Crippen molar-refractivity contribution < 1.29 is 10.0 Å². The van der Waals surface area contributed by atoms with E-state index in [4.69, 9.17) is 5.11 Å². The van der Waals surface area contributed by atoms with Crippen LogP contribution in [0.2, 0.25) is 0 Å². The minimum atomic E-state index is -0.355. The Labute approximate surface area is 123 Å². The zero-order valence-electron chi connectivity index (χ0n) is 11.9. The molecule has 5 nitrogen and oxygen atoms in total. The number of aryl methyl sites for hydroxylation is 1. The molecule has 2 aromatic rings. The van der Waals surface area contributed by atoms with Gasteiger partial charge in [0.2, 0.25) is 0 Å². The summed E-state index contributed by atoms with van der Waals surface area (Å²) in [4.78, 5) is 10.5. The zero-order valence-corrected chi connectivity index (χ0v) is 11.9. The summed E-state index contributed by atoms with van der Waals surface area (Å²) >= 11 is 0. The van der Waals surface area contributed by atoms with Gasteiger partial charge in [-0.05, 0) is 23.6 Å². The van der Waals surface area contributed by atoms with Crippen LogP contribution in [0.4, 0.5) is 5.69 Å². The third-order valence-electron chi connectivity index (χ3n) is 3.33. The van der Waals surface area contributed by atoms with Gasteiger partial charge in [-0.1, -0.05) is 36.4 Å². The lowest BCUT2D eigenvalue weighted by Crippen LogP contribution is -2.13. The highest BCUT2D eigenvalue weighted by molar-refractivity contribution is 5.42. The van der Waals surface area contributed by atoms with Crippen molar-refractivity contribution in [1.82, 2.24) is 5.32 Å². The van der Waals surface area contributed by atoms with E-state index in [0.717, 1.165) is 16.7 Å². The molecule has 2 aromatic carbocycles. The predicted molar refractivity (Wildman–Crippen MR) is 80.7 cm³/mol. The Morgan fingerprint density at radius 1 is 1.05 bits per heavy atom. The lowest BCUT2D eigenvalue weighted by Gasteiger charge is -2.07. The number of rotatable bonds is 6. The summed E-state index contributed by atoms with van der Waals surface area (Å²) < 4.78 is 0. The highest BCUT2D eigenvalue weighted by Gasteiger charge is 2.10. The average molecular weight is 286 g/mol. The fourth-order valence-electron chi connectivity index (χ4n) is 2.08. The van der Waals surface area contributed by atoms with Crippen molar-refractivity contribution in [2.45, 2.75) is 26.6 Å². The fraction of sp³-hybridized carbons (Fsp3) is 0.250. The van der Waals surface area contributed by atoms with Crippen molar-refractivity contribution in [2.75, 3.05) is 0 Å². The van der Waals surface area contributed by atoms with Crippen LogP contribution in [-0.4, -0.2) is 10.0 Å². The van der Waals surface area contributed by atoms with E-state index in [9.17, 15) is 10.1 Å². The molecule has 0 amide bonds. The van der Waals surface area contributed by atoms with Gasteiger partial charge in [-0.25, -0.2) is 0 Å². The highest BCUT2D eigenvalue weighted by Crippen LogP contribution is 2.19. The number of nitrogens with one attached hydrogen (secondary N) is 1. The van der Waals surface area contributed by atoms with E-state index >= 15 is 0 Å². The third-order valence-corrected chi connectivity index (χ3v) is 3.33. The fourth-order valence-corrected chi connectivity index (χ4v) is 2.08. The van der Waals surface area contributed by atoms with E-state index in [1.54, 1.807) is 19.1 Å². The van der Waals surface area contributed by atoms with Gasteiger partial charge < -0.3 is 10.4 Å². The average Bonchev–Trinajstić information content (AvgIpc) is 2.49. The molecule has 21 heavy (non-hydrogen) atoms. The Morgan fingerprint density at radius 2 is 1.62 bits per heavy atom. The quantitative estimate of drug-likeness (QED) is 0.632. The molecule has 0 spiro atoms. The van der Waals surface area contributed by atoms with Crippen molar-refractivity contribution in [3.05, 3.63) is 74.8 Å².